The smallest absolute Gasteiger partial charge is 0.174 e. The van der Waals surface area contributed by atoms with Crippen LogP contribution in [0.1, 0.15) is 40.3 Å². The standard InChI is InChI=1S/C28H29N5O2S/c1-18-14-22(19(2)32(18)17-20-8-7-12-29-16-20)27-26(23-9-5-6-13-30-23)31-28(36)33(27)24-15-21(34-3)10-11-25(24)35-4/h5-16,26-27H,17H2,1-4H3,(H,31,36)/t26-,27-/m0/s1. The number of aryl methyl sites for hydroxylation is 1. The molecule has 7 nitrogen and oxygen atoms in total. The zero-order valence-corrected chi connectivity index (χ0v) is 21.6. The molecule has 0 bridgehead atoms. The molecule has 36 heavy (non-hydrogen) atoms. The van der Waals surface area contributed by atoms with Gasteiger partial charge in [-0.3, -0.25) is 9.97 Å². The maximum atomic E-state index is 5.93. The zero-order valence-electron chi connectivity index (χ0n) is 20.8. The Morgan fingerprint density at radius 1 is 1.00 bits per heavy atom. The summed E-state index contributed by atoms with van der Waals surface area (Å²) in [6.45, 7) is 5.04. The Morgan fingerprint density at radius 3 is 2.56 bits per heavy atom. The van der Waals surface area contributed by atoms with Gasteiger partial charge in [-0.05, 0) is 73.6 Å². The first-order valence-electron chi connectivity index (χ1n) is 11.8. The summed E-state index contributed by atoms with van der Waals surface area (Å²) >= 11 is 5.93. The average Bonchev–Trinajstić information content (AvgIpc) is 3.40. The van der Waals surface area contributed by atoms with E-state index in [-0.39, 0.29) is 12.1 Å². The number of methoxy groups -OCH3 is 2. The van der Waals surface area contributed by atoms with Gasteiger partial charge in [-0.25, -0.2) is 0 Å². The van der Waals surface area contributed by atoms with E-state index < -0.39 is 0 Å². The average molecular weight is 500 g/mol. The number of rotatable bonds is 7. The molecule has 5 rings (SSSR count). The molecule has 0 aliphatic carbocycles. The number of nitrogens with zero attached hydrogens (tertiary/aromatic N) is 4. The van der Waals surface area contributed by atoms with Crippen LogP contribution in [0.15, 0.2) is 73.2 Å². The Labute approximate surface area is 216 Å². The van der Waals surface area contributed by atoms with Crippen LogP contribution >= 0.6 is 12.2 Å². The summed E-state index contributed by atoms with van der Waals surface area (Å²) < 4.78 is 13.6. The Kier molecular flexibility index (Phi) is 6.61. The van der Waals surface area contributed by atoms with E-state index in [0.717, 1.165) is 35.0 Å². The van der Waals surface area contributed by atoms with E-state index in [2.05, 4.69) is 50.7 Å². The number of benzene rings is 1. The summed E-state index contributed by atoms with van der Waals surface area (Å²) in [5, 5.41) is 4.15. The second-order valence-electron chi connectivity index (χ2n) is 8.81. The molecule has 1 saturated heterocycles. The molecule has 1 fully saturated rings. The first-order chi connectivity index (χ1) is 17.5. The molecule has 0 spiro atoms. The molecule has 0 radical (unpaired) electrons. The normalized spacial score (nSPS) is 17.2. The maximum absolute atomic E-state index is 5.93. The lowest BCUT2D eigenvalue weighted by molar-refractivity contribution is 0.403. The highest BCUT2D eigenvalue weighted by atomic mass is 32.1. The lowest BCUT2D eigenvalue weighted by Gasteiger charge is -2.29. The molecular formula is C28H29N5O2S. The maximum Gasteiger partial charge on any atom is 0.174 e. The highest BCUT2D eigenvalue weighted by molar-refractivity contribution is 7.80. The number of hydrogen-bond acceptors (Lipinski definition) is 5. The third-order valence-corrected chi connectivity index (χ3v) is 7.05. The summed E-state index contributed by atoms with van der Waals surface area (Å²) in [5.74, 6) is 1.45. The summed E-state index contributed by atoms with van der Waals surface area (Å²) in [4.78, 5) is 11.1. The van der Waals surface area contributed by atoms with Crippen LogP contribution in [0.4, 0.5) is 5.69 Å². The van der Waals surface area contributed by atoms with Gasteiger partial charge in [-0.15, -0.1) is 0 Å². The first-order valence-corrected chi connectivity index (χ1v) is 12.2. The Bertz CT molecular complexity index is 1370. The number of anilines is 1. The molecule has 1 aliphatic heterocycles. The van der Waals surface area contributed by atoms with Crippen LogP contribution in [-0.2, 0) is 6.54 Å². The molecule has 0 saturated carbocycles. The van der Waals surface area contributed by atoms with Crippen LogP contribution in [0, 0.1) is 13.8 Å². The van der Waals surface area contributed by atoms with Gasteiger partial charge >= 0.3 is 0 Å². The topological polar surface area (TPSA) is 64.4 Å². The largest absolute Gasteiger partial charge is 0.497 e. The Balaban J connectivity index is 1.66. The van der Waals surface area contributed by atoms with Crippen molar-refractivity contribution in [3.63, 3.8) is 0 Å². The van der Waals surface area contributed by atoms with E-state index in [9.17, 15) is 0 Å². The second kappa shape index (κ2) is 9.99. The monoisotopic (exact) mass is 499 g/mol. The Hall–Kier alpha value is -3.91. The zero-order chi connectivity index (χ0) is 25.2. The van der Waals surface area contributed by atoms with Crippen molar-refractivity contribution in [1.29, 1.82) is 0 Å². The van der Waals surface area contributed by atoms with Gasteiger partial charge in [0.05, 0.1) is 37.7 Å². The van der Waals surface area contributed by atoms with E-state index in [4.69, 9.17) is 21.7 Å². The van der Waals surface area contributed by atoms with E-state index in [1.807, 2.05) is 54.9 Å². The van der Waals surface area contributed by atoms with Crippen molar-refractivity contribution < 1.29 is 9.47 Å². The minimum atomic E-state index is -0.151. The van der Waals surface area contributed by atoms with E-state index in [1.54, 1.807) is 20.4 Å². The minimum Gasteiger partial charge on any atom is -0.497 e. The van der Waals surface area contributed by atoms with Crippen molar-refractivity contribution in [2.75, 3.05) is 19.1 Å². The van der Waals surface area contributed by atoms with Gasteiger partial charge in [0, 0.05) is 42.6 Å². The molecule has 4 heterocycles. The van der Waals surface area contributed by atoms with Crippen LogP contribution in [0.25, 0.3) is 0 Å². The van der Waals surface area contributed by atoms with Gasteiger partial charge in [-0.1, -0.05) is 12.1 Å². The molecular weight excluding hydrogens is 470 g/mol. The third kappa shape index (κ3) is 4.28. The van der Waals surface area contributed by atoms with Crippen LogP contribution in [-0.4, -0.2) is 33.9 Å². The fourth-order valence-electron chi connectivity index (χ4n) is 4.96. The summed E-state index contributed by atoms with van der Waals surface area (Å²) in [6.07, 6.45) is 5.53. The molecule has 1 aliphatic rings. The van der Waals surface area contributed by atoms with Gasteiger partial charge in [0.15, 0.2) is 5.11 Å². The van der Waals surface area contributed by atoms with E-state index in [0.29, 0.717) is 5.11 Å². The van der Waals surface area contributed by atoms with Crippen molar-refractivity contribution in [3.05, 3.63) is 101 Å². The Morgan fingerprint density at radius 2 is 1.86 bits per heavy atom. The molecule has 2 atom stereocenters. The highest BCUT2D eigenvalue weighted by Gasteiger charge is 2.43. The van der Waals surface area contributed by atoms with Crippen molar-refractivity contribution in [2.45, 2.75) is 32.5 Å². The van der Waals surface area contributed by atoms with Crippen LogP contribution < -0.4 is 19.7 Å². The van der Waals surface area contributed by atoms with E-state index >= 15 is 0 Å². The number of ether oxygens (including phenoxy) is 2. The fourth-order valence-corrected chi connectivity index (χ4v) is 5.30. The molecule has 1 aromatic carbocycles. The number of pyridine rings is 2. The second-order valence-corrected chi connectivity index (χ2v) is 9.19. The van der Waals surface area contributed by atoms with Crippen molar-refractivity contribution in [3.8, 4) is 11.5 Å². The van der Waals surface area contributed by atoms with Crippen LogP contribution in [0.5, 0.6) is 11.5 Å². The minimum absolute atomic E-state index is 0.151. The van der Waals surface area contributed by atoms with Gasteiger partial charge < -0.3 is 24.3 Å². The number of thiocarbonyl (C=S) groups is 1. The molecule has 8 heteroatoms. The van der Waals surface area contributed by atoms with Crippen molar-refractivity contribution >= 4 is 23.0 Å². The SMILES string of the molecule is COc1ccc(OC)c(N2C(=S)N[C@@H](c3ccccn3)[C@@H]2c2cc(C)n(Cc3cccnc3)c2C)c1. The lowest BCUT2D eigenvalue weighted by atomic mass is 9.96. The van der Waals surface area contributed by atoms with E-state index in [1.165, 1.54) is 17.0 Å². The predicted molar refractivity (Wildman–Crippen MR) is 145 cm³/mol. The lowest BCUT2D eigenvalue weighted by Crippen LogP contribution is -2.30. The van der Waals surface area contributed by atoms with Gasteiger partial charge in [-0.2, -0.15) is 0 Å². The van der Waals surface area contributed by atoms with Crippen LogP contribution in [0.3, 0.4) is 0 Å². The molecule has 184 valence electrons. The summed E-state index contributed by atoms with van der Waals surface area (Å²) in [7, 11) is 3.33. The highest BCUT2D eigenvalue weighted by Crippen LogP contribution is 2.46. The third-order valence-electron chi connectivity index (χ3n) is 6.74. The molecule has 0 amide bonds. The van der Waals surface area contributed by atoms with Gasteiger partial charge in [0.1, 0.15) is 11.5 Å². The van der Waals surface area contributed by atoms with Crippen molar-refractivity contribution in [2.24, 2.45) is 0 Å². The predicted octanol–water partition coefficient (Wildman–Crippen LogP) is 5.14. The van der Waals surface area contributed by atoms with Crippen molar-refractivity contribution in [1.82, 2.24) is 19.9 Å². The molecule has 3 aromatic heterocycles. The number of hydrogen-bond donors (Lipinski definition) is 1. The fraction of sp³-hybridized carbons (Fsp3) is 0.250. The number of nitrogens with one attached hydrogen (secondary N) is 1. The first kappa shape index (κ1) is 23.8. The molecule has 1 N–H and O–H groups in total. The molecule has 4 aromatic rings. The molecule has 0 unspecified atom stereocenters. The van der Waals surface area contributed by atoms with Gasteiger partial charge in [0.2, 0.25) is 0 Å². The summed E-state index contributed by atoms with van der Waals surface area (Å²) in [6, 6.07) is 17.8. The van der Waals surface area contributed by atoms with Crippen LogP contribution in [0.2, 0.25) is 0 Å². The summed E-state index contributed by atoms with van der Waals surface area (Å²) in [5.41, 5.74) is 6.42. The quantitative estimate of drug-likeness (QED) is 0.353. The van der Waals surface area contributed by atoms with Gasteiger partial charge in [0.25, 0.3) is 0 Å². The number of aromatic nitrogens is 3.